The third kappa shape index (κ3) is 2.11. The molecular formula is C11H15NOS. The largest absolute Gasteiger partial charge is 0.378 e. The SMILES string of the molecule is CSc1ccccc1C1COCCN1. The highest BCUT2D eigenvalue weighted by Gasteiger charge is 2.17. The molecule has 0 radical (unpaired) electrons. The van der Waals surface area contributed by atoms with Gasteiger partial charge >= 0.3 is 0 Å². The third-order valence-electron chi connectivity index (χ3n) is 2.44. The summed E-state index contributed by atoms with van der Waals surface area (Å²) in [6, 6.07) is 8.88. The number of nitrogens with one attached hydrogen (secondary N) is 1. The molecule has 1 aromatic rings. The quantitative estimate of drug-likeness (QED) is 0.753. The van der Waals surface area contributed by atoms with Gasteiger partial charge in [0, 0.05) is 11.4 Å². The molecule has 0 saturated carbocycles. The summed E-state index contributed by atoms with van der Waals surface area (Å²) in [6.07, 6.45) is 2.11. The van der Waals surface area contributed by atoms with Crippen molar-refractivity contribution in [3.63, 3.8) is 0 Å². The highest BCUT2D eigenvalue weighted by atomic mass is 32.2. The van der Waals surface area contributed by atoms with Crippen LogP contribution in [0.25, 0.3) is 0 Å². The van der Waals surface area contributed by atoms with Crippen LogP contribution in [0.5, 0.6) is 0 Å². The van der Waals surface area contributed by atoms with Crippen LogP contribution in [-0.4, -0.2) is 26.0 Å². The molecule has 2 rings (SSSR count). The molecule has 0 aromatic heterocycles. The van der Waals surface area contributed by atoms with Gasteiger partial charge in [-0.05, 0) is 17.9 Å². The van der Waals surface area contributed by atoms with Crippen molar-refractivity contribution in [2.45, 2.75) is 10.9 Å². The zero-order valence-corrected chi connectivity index (χ0v) is 9.14. The summed E-state index contributed by atoms with van der Waals surface area (Å²) in [6.45, 7) is 2.57. The third-order valence-corrected chi connectivity index (χ3v) is 3.25. The second-order valence-corrected chi connectivity index (χ2v) is 4.17. The Kier molecular flexibility index (Phi) is 3.45. The summed E-state index contributed by atoms with van der Waals surface area (Å²) >= 11 is 1.79. The highest BCUT2D eigenvalue weighted by molar-refractivity contribution is 7.98. The predicted octanol–water partition coefficient (Wildman–Crippen LogP) is 2.07. The van der Waals surface area contributed by atoms with Crippen molar-refractivity contribution in [1.29, 1.82) is 0 Å². The van der Waals surface area contributed by atoms with Crippen LogP contribution in [0.1, 0.15) is 11.6 Å². The van der Waals surface area contributed by atoms with E-state index in [0.29, 0.717) is 6.04 Å². The Bertz CT molecular complexity index is 297. The van der Waals surface area contributed by atoms with Gasteiger partial charge in [-0.25, -0.2) is 0 Å². The molecule has 0 aliphatic carbocycles. The number of rotatable bonds is 2. The van der Waals surface area contributed by atoms with Crippen LogP contribution in [0, 0.1) is 0 Å². The second kappa shape index (κ2) is 4.82. The lowest BCUT2D eigenvalue weighted by Crippen LogP contribution is -2.34. The zero-order chi connectivity index (χ0) is 9.80. The Morgan fingerprint density at radius 2 is 2.29 bits per heavy atom. The normalized spacial score (nSPS) is 22.2. The van der Waals surface area contributed by atoms with Gasteiger partial charge in [0.2, 0.25) is 0 Å². The molecule has 1 aliphatic heterocycles. The number of benzene rings is 1. The van der Waals surface area contributed by atoms with Crippen molar-refractivity contribution in [2.24, 2.45) is 0 Å². The van der Waals surface area contributed by atoms with E-state index in [1.54, 1.807) is 11.8 Å². The Labute approximate surface area is 89.0 Å². The van der Waals surface area contributed by atoms with Crippen molar-refractivity contribution >= 4 is 11.8 Å². The first-order valence-electron chi connectivity index (χ1n) is 4.86. The smallest absolute Gasteiger partial charge is 0.0662 e. The predicted molar refractivity (Wildman–Crippen MR) is 59.8 cm³/mol. The maximum Gasteiger partial charge on any atom is 0.0662 e. The Balaban J connectivity index is 2.20. The standard InChI is InChI=1S/C11H15NOS/c1-14-11-5-3-2-4-9(11)10-8-13-7-6-12-10/h2-5,10,12H,6-8H2,1H3. The number of hydrogen-bond donors (Lipinski definition) is 1. The van der Waals surface area contributed by atoms with Crippen LogP contribution in [0.15, 0.2) is 29.2 Å². The molecule has 1 fully saturated rings. The fourth-order valence-electron chi connectivity index (χ4n) is 1.72. The molecule has 2 nitrogen and oxygen atoms in total. The summed E-state index contributed by atoms with van der Waals surface area (Å²) in [5.41, 5.74) is 1.36. The van der Waals surface area contributed by atoms with Crippen LogP contribution >= 0.6 is 11.8 Å². The number of ether oxygens (including phenoxy) is 1. The van der Waals surface area contributed by atoms with Crippen LogP contribution < -0.4 is 5.32 Å². The lowest BCUT2D eigenvalue weighted by atomic mass is 10.1. The number of hydrogen-bond acceptors (Lipinski definition) is 3. The molecule has 1 unspecified atom stereocenters. The Hall–Kier alpha value is -0.510. The molecular weight excluding hydrogens is 194 g/mol. The van der Waals surface area contributed by atoms with Crippen molar-refractivity contribution in [2.75, 3.05) is 26.0 Å². The van der Waals surface area contributed by atoms with Crippen LogP contribution in [0.4, 0.5) is 0 Å². The van der Waals surface area contributed by atoms with Gasteiger partial charge in [0.1, 0.15) is 0 Å². The molecule has 1 saturated heterocycles. The van der Waals surface area contributed by atoms with E-state index < -0.39 is 0 Å². The van der Waals surface area contributed by atoms with E-state index in [1.807, 2.05) is 0 Å². The summed E-state index contributed by atoms with van der Waals surface area (Å²) in [5.74, 6) is 0. The van der Waals surface area contributed by atoms with E-state index in [-0.39, 0.29) is 0 Å². The van der Waals surface area contributed by atoms with Gasteiger partial charge in [-0.2, -0.15) is 0 Å². The molecule has 1 aliphatic rings. The molecule has 3 heteroatoms. The van der Waals surface area contributed by atoms with E-state index in [1.165, 1.54) is 10.5 Å². The minimum absolute atomic E-state index is 0.368. The molecule has 0 spiro atoms. The summed E-state index contributed by atoms with van der Waals surface area (Å²) < 4.78 is 5.46. The van der Waals surface area contributed by atoms with E-state index in [0.717, 1.165) is 19.8 Å². The van der Waals surface area contributed by atoms with E-state index in [2.05, 4.69) is 35.8 Å². The summed E-state index contributed by atoms with van der Waals surface area (Å²) in [7, 11) is 0. The Morgan fingerprint density at radius 3 is 3.00 bits per heavy atom. The second-order valence-electron chi connectivity index (χ2n) is 3.32. The minimum atomic E-state index is 0.368. The number of morpholine rings is 1. The van der Waals surface area contributed by atoms with Gasteiger partial charge < -0.3 is 10.1 Å². The van der Waals surface area contributed by atoms with Crippen molar-refractivity contribution < 1.29 is 4.74 Å². The number of thioether (sulfide) groups is 1. The van der Waals surface area contributed by atoms with Gasteiger partial charge in [0.05, 0.1) is 19.3 Å². The topological polar surface area (TPSA) is 21.3 Å². The van der Waals surface area contributed by atoms with Gasteiger partial charge in [0.25, 0.3) is 0 Å². The average molecular weight is 209 g/mol. The monoisotopic (exact) mass is 209 g/mol. The van der Waals surface area contributed by atoms with E-state index in [9.17, 15) is 0 Å². The minimum Gasteiger partial charge on any atom is -0.378 e. The lowest BCUT2D eigenvalue weighted by Gasteiger charge is -2.25. The Morgan fingerprint density at radius 1 is 1.43 bits per heavy atom. The van der Waals surface area contributed by atoms with E-state index in [4.69, 9.17) is 4.74 Å². The molecule has 14 heavy (non-hydrogen) atoms. The molecule has 1 aromatic carbocycles. The first-order valence-corrected chi connectivity index (χ1v) is 6.08. The van der Waals surface area contributed by atoms with Gasteiger partial charge in [-0.1, -0.05) is 18.2 Å². The molecule has 1 N–H and O–H groups in total. The molecule has 76 valence electrons. The van der Waals surface area contributed by atoms with Crippen LogP contribution in [-0.2, 0) is 4.74 Å². The van der Waals surface area contributed by atoms with Gasteiger partial charge in [-0.15, -0.1) is 11.8 Å². The molecule has 1 atom stereocenters. The van der Waals surface area contributed by atoms with Crippen molar-refractivity contribution in [1.82, 2.24) is 5.32 Å². The molecule has 0 amide bonds. The fraction of sp³-hybridized carbons (Fsp3) is 0.455. The summed E-state index contributed by atoms with van der Waals surface area (Å²) in [5, 5.41) is 3.47. The highest BCUT2D eigenvalue weighted by Crippen LogP contribution is 2.26. The average Bonchev–Trinajstić information content (AvgIpc) is 2.30. The summed E-state index contributed by atoms with van der Waals surface area (Å²) in [4.78, 5) is 1.34. The van der Waals surface area contributed by atoms with E-state index >= 15 is 0 Å². The molecule has 1 heterocycles. The first kappa shape index (κ1) is 10.0. The fourth-order valence-corrected chi connectivity index (χ4v) is 2.38. The van der Waals surface area contributed by atoms with Gasteiger partial charge in [0.15, 0.2) is 0 Å². The van der Waals surface area contributed by atoms with Crippen LogP contribution in [0.3, 0.4) is 0 Å². The van der Waals surface area contributed by atoms with Crippen LogP contribution in [0.2, 0.25) is 0 Å². The maximum absolute atomic E-state index is 5.46. The maximum atomic E-state index is 5.46. The van der Waals surface area contributed by atoms with Crippen molar-refractivity contribution in [3.8, 4) is 0 Å². The molecule has 0 bridgehead atoms. The zero-order valence-electron chi connectivity index (χ0n) is 8.32. The van der Waals surface area contributed by atoms with Gasteiger partial charge in [-0.3, -0.25) is 0 Å². The van der Waals surface area contributed by atoms with Crippen molar-refractivity contribution in [3.05, 3.63) is 29.8 Å². The first-order chi connectivity index (χ1) is 6.92. The lowest BCUT2D eigenvalue weighted by molar-refractivity contribution is 0.0761.